The van der Waals surface area contributed by atoms with E-state index in [4.69, 9.17) is 0 Å². The molecule has 4 aliphatic carbocycles. The summed E-state index contributed by atoms with van der Waals surface area (Å²) in [4.78, 5) is 27.0. The first kappa shape index (κ1) is 16.5. The zero-order valence-electron chi connectivity index (χ0n) is 15.5. The molecular weight excluding hydrogens is 322 g/mol. The SMILES string of the molecule is O=C1C[C@@H](Cc2ccccc2)C(=O)N1CCC12CC3CC(CC(C3)C1)C2. The predicted octanol–water partition coefficient (Wildman–Crippen LogP) is 4.21. The highest BCUT2D eigenvalue weighted by Gasteiger charge is 2.51. The van der Waals surface area contributed by atoms with Crippen LogP contribution in [0.2, 0.25) is 0 Å². The second kappa shape index (κ2) is 6.21. The fourth-order valence-corrected chi connectivity index (χ4v) is 6.99. The van der Waals surface area contributed by atoms with Gasteiger partial charge in [-0.3, -0.25) is 14.5 Å². The third-order valence-electron chi connectivity index (χ3n) is 7.69. The summed E-state index contributed by atoms with van der Waals surface area (Å²) in [5.41, 5.74) is 1.59. The van der Waals surface area contributed by atoms with Gasteiger partial charge in [-0.2, -0.15) is 0 Å². The average molecular weight is 351 g/mol. The molecule has 3 nitrogen and oxygen atoms in total. The van der Waals surface area contributed by atoms with Crippen molar-refractivity contribution in [3.8, 4) is 0 Å². The number of nitrogens with zero attached hydrogens (tertiary/aromatic N) is 1. The van der Waals surface area contributed by atoms with Gasteiger partial charge in [-0.15, -0.1) is 0 Å². The first-order valence-electron chi connectivity index (χ1n) is 10.5. The van der Waals surface area contributed by atoms with Gasteiger partial charge in [0, 0.05) is 13.0 Å². The monoisotopic (exact) mass is 351 g/mol. The largest absolute Gasteiger partial charge is 0.282 e. The molecule has 1 saturated heterocycles. The Hall–Kier alpha value is -1.64. The lowest BCUT2D eigenvalue weighted by Gasteiger charge is -2.57. The Morgan fingerprint density at radius 3 is 2.15 bits per heavy atom. The van der Waals surface area contributed by atoms with Gasteiger partial charge in [0.15, 0.2) is 0 Å². The van der Waals surface area contributed by atoms with Crippen LogP contribution in [-0.4, -0.2) is 23.3 Å². The van der Waals surface area contributed by atoms with E-state index in [-0.39, 0.29) is 17.7 Å². The molecule has 0 aromatic heterocycles. The lowest BCUT2D eigenvalue weighted by molar-refractivity contribution is -0.140. The normalized spacial score (nSPS) is 38.4. The van der Waals surface area contributed by atoms with E-state index in [0.29, 0.717) is 24.8 Å². The molecule has 3 heteroatoms. The van der Waals surface area contributed by atoms with Crippen molar-refractivity contribution in [1.82, 2.24) is 4.90 Å². The summed E-state index contributed by atoms with van der Waals surface area (Å²) in [5.74, 6) is 2.76. The maximum absolute atomic E-state index is 12.8. The summed E-state index contributed by atoms with van der Waals surface area (Å²) >= 11 is 0. The van der Waals surface area contributed by atoms with Crippen LogP contribution in [0.3, 0.4) is 0 Å². The van der Waals surface area contributed by atoms with Crippen molar-refractivity contribution in [3.63, 3.8) is 0 Å². The Kier molecular flexibility index (Phi) is 3.95. The predicted molar refractivity (Wildman–Crippen MR) is 100 cm³/mol. The van der Waals surface area contributed by atoms with E-state index < -0.39 is 0 Å². The van der Waals surface area contributed by atoms with Gasteiger partial charge in [-0.05, 0) is 80.1 Å². The van der Waals surface area contributed by atoms with E-state index >= 15 is 0 Å². The zero-order chi connectivity index (χ0) is 17.7. The topological polar surface area (TPSA) is 37.4 Å². The molecule has 1 aliphatic heterocycles. The standard InChI is InChI=1S/C23H29NO2/c25-21-12-20(11-16-4-2-1-3-5-16)22(26)24(21)7-6-23-13-17-8-18(14-23)10-19(9-17)15-23/h1-5,17-20H,6-15H2/t17?,18?,19?,20-,23?/m1/s1. The van der Waals surface area contributed by atoms with Crippen molar-refractivity contribution in [2.45, 2.75) is 57.8 Å². The molecule has 4 saturated carbocycles. The minimum Gasteiger partial charge on any atom is -0.282 e. The fraction of sp³-hybridized carbons (Fsp3) is 0.652. The molecule has 0 radical (unpaired) electrons. The molecule has 1 aromatic rings. The molecule has 1 aromatic carbocycles. The molecule has 0 spiro atoms. The number of likely N-dealkylation sites (tertiary alicyclic amines) is 1. The van der Waals surface area contributed by atoms with Gasteiger partial charge in [0.2, 0.25) is 11.8 Å². The molecule has 138 valence electrons. The first-order valence-corrected chi connectivity index (χ1v) is 10.5. The number of carbonyl (C=O) groups excluding carboxylic acids is 2. The summed E-state index contributed by atoms with van der Waals surface area (Å²) in [5, 5.41) is 0. The molecule has 1 heterocycles. The second-order valence-corrected chi connectivity index (χ2v) is 9.64. The van der Waals surface area contributed by atoms with Crippen molar-refractivity contribution in [1.29, 1.82) is 0 Å². The average Bonchev–Trinajstić information content (AvgIpc) is 2.86. The van der Waals surface area contributed by atoms with Crippen LogP contribution in [-0.2, 0) is 16.0 Å². The molecule has 2 amide bonds. The van der Waals surface area contributed by atoms with Crippen molar-refractivity contribution >= 4 is 11.8 Å². The Labute approximate surface area is 156 Å². The molecule has 0 N–H and O–H groups in total. The number of hydrogen-bond donors (Lipinski definition) is 0. The van der Waals surface area contributed by atoms with Crippen LogP contribution in [0.4, 0.5) is 0 Å². The van der Waals surface area contributed by atoms with Crippen LogP contribution in [0, 0.1) is 29.1 Å². The number of imide groups is 1. The fourth-order valence-electron chi connectivity index (χ4n) is 6.99. The molecule has 5 fully saturated rings. The van der Waals surface area contributed by atoms with Gasteiger partial charge < -0.3 is 0 Å². The Morgan fingerprint density at radius 1 is 0.923 bits per heavy atom. The lowest BCUT2D eigenvalue weighted by atomic mass is 9.49. The lowest BCUT2D eigenvalue weighted by Crippen LogP contribution is -2.47. The summed E-state index contributed by atoms with van der Waals surface area (Å²) in [6.07, 6.45) is 10.5. The zero-order valence-corrected chi connectivity index (χ0v) is 15.5. The van der Waals surface area contributed by atoms with Gasteiger partial charge in [-0.1, -0.05) is 30.3 Å². The Bertz CT molecular complexity index is 675. The van der Waals surface area contributed by atoms with Crippen LogP contribution in [0.1, 0.15) is 56.9 Å². The van der Waals surface area contributed by atoms with Crippen LogP contribution in [0.5, 0.6) is 0 Å². The van der Waals surface area contributed by atoms with Crippen molar-refractivity contribution in [2.75, 3.05) is 6.54 Å². The number of carbonyl (C=O) groups is 2. The van der Waals surface area contributed by atoms with Crippen LogP contribution >= 0.6 is 0 Å². The maximum atomic E-state index is 12.8. The van der Waals surface area contributed by atoms with Crippen LogP contribution in [0.15, 0.2) is 30.3 Å². The highest BCUT2D eigenvalue weighted by atomic mass is 16.2. The van der Waals surface area contributed by atoms with Crippen LogP contribution < -0.4 is 0 Å². The summed E-state index contributed by atoms with van der Waals surface area (Å²) in [6, 6.07) is 10.1. The van der Waals surface area contributed by atoms with Crippen molar-refractivity contribution in [3.05, 3.63) is 35.9 Å². The third-order valence-corrected chi connectivity index (χ3v) is 7.69. The summed E-state index contributed by atoms with van der Waals surface area (Å²) < 4.78 is 0. The Balaban J connectivity index is 1.23. The molecule has 26 heavy (non-hydrogen) atoms. The highest BCUT2D eigenvalue weighted by Crippen LogP contribution is 2.61. The molecule has 1 atom stereocenters. The minimum atomic E-state index is -0.152. The molecule has 5 aliphatic rings. The van der Waals surface area contributed by atoms with Gasteiger partial charge in [0.1, 0.15) is 0 Å². The smallest absolute Gasteiger partial charge is 0.233 e. The molecule has 4 bridgehead atoms. The van der Waals surface area contributed by atoms with Gasteiger partial charge in [-0.25, -0.2) is 0 Å². The Morgan fingerprint density at radius 2 is 1.54 bits per heavy atom. The van der Waals surface area contributed by atoms with E-state index in [2.05, 4.69) is 12.1 Å². The van der Waals surface area contributed by atoms with E-state index in [0.717, 1.165) is 29.7 Å². The number of rotatable bonds is 5. The van der Waals surface area contributed by atoms with Crippen LogP contribution in [0.25, 0.3) is 0 Å². The molecular formula is C23H29NO2. The maximum Gasteiger partial charge on any atom is 0.233 e. The van der Waals surface area contributed by atoms with Gasteiger partial charge in [0.25, 0.3) is 0 Å². The third kappa shape index (κ3) is 2.90. The first-order chi connectivity index (χ1) is 12.6. The van der Waals surface area contributed by atoms with E-state index in [1.54, 1.807) is 4.90 Å². The second-order valence-electron chi connectivity index (χ2n) is 9.64. The minimum absolute atomic E-state index is 0.0562. The number of benzene rings is 1. The number of amides is 2. The highest BCUT2D eigenvalue weighted by molar-refractivity contribution is 6.03. The van der Waals surface area contributed by atoms with Crippen molar-refractivity contribution < 1.29 is 9.59 Å². The summed E-state index contributed by atoms with van der Waals surface area (Å²) in [7, 11) is 0. The molecule has 6 rings (SSSR count). The van der Waals surface area contributed by atoms with E-state index in [1.807, 2.05) is 18.2 Å². The van der Waals surface area contributed by atoms with Gasteiger partial charge >= 0.3 is 0 Å². The van der Waals surface area contributed by atoms with Crippen molar-refractivity contribution in [2.24, 2.45) is 29.1 Å². The molecule has 0 unspecified atom stereocenters. The van der Waals surface area contributed by atoms with Gasteiger partial charge in [0.05, 0.1) is 5.92 Å². The quantitative estimate of drug-likeness (QED) is 0.745. The van der Waals surface area contributed by atoms with E-state index in [9.17, 15) is 9.59 Å². The number of hydrogen-bond acceptors (Lipinski definition) is 2. The van der Waals surface area contributed by atoms with E-state index in [1.165, 1.54) is 38.5 Å². The summed E-state index contributed by atoms with van der Waals surface area (Å²) in [6.45, 7) is 0.662.